The fraction of sp³-hybridized carbons (Fsp3) is 0.286. The Morgan fingerprint density at radius 3 is 2.72 bits per heavy atom. The molecule has 0 aromatic carbocycles. The van der Waals surface area contributed by atoms with Gasteiger partial charge in [0.15, 0.2) is 0 Å². The van der Waals surface area contributed by atoms with Gasteiger partial charge in [0.1, 0.15) is 5.69 Å². The zero-order chi connectivity index (χ0) is 13.3. The molecule has 4 nitrogen and oxygen atoms in total. The molecule has 0 saturated heterocycles. The first-order valence-electron chi connectivity index (χ1n) is 5.78. The predicted octanol–water partition coefficient (Wildman–Crippen LogP) is 0.842. The number of aromatic nitrogens is 1. The van der Waals surface area contributed by atoms with Gasteiger partial charge in [0.25, 0.3) is 0 Å². The van der Waals surface area contributed by atoms with Gasteiger partial charge in [0, 0.05) is 5.22 Å². The Morgan fingerprint density at radius 1 is 1.33 bits per heavy atom. The van der Waals surface area contributed by atoms with Crippen molar-refractivity contribution >= 4 is 18.1 Å². The van der Waals surface area contributed by atoms with Crippen LogP contribution in [-0.2, 0) is 0 Å². The Morgan fingerprint density at radius 2 is 2.06 bits per heavy atom. The molecular weight excluding hydrogens is 228 g/mol. The highest BCUT2D eigenvalue weighted by Crippen LogP contribution is 2.09. The summed E-state index contributed by atoms with van der Waals surface area (Å²) in [6.07, 6.45) is 6.56. The van der Waals surface area contributed by atoms with E-state index < -0.39 is 5.54 Å². The maximum atomic E-state index is 11.7. The molecule has 0 amide bonds. The SMILES string of the molecule is CC(C)(C)N(O)/C=c1\ccc2c(n1)C(=O)C=CC=2. The second-order valence-electron chi connectivity index (χ2n) is 5.21. The van der Waals surface area contributed by atoms with Gasteiger partial charge in [-0.25, -0.2) is 4.98 Å². The molecule has 0 saturated carbocycles. The number of carbonyl (C=O) groups excluding carboxylic acids is 1. The van der Waals surface area contributed by atoms with Crippen LogP contribution in [0.5, 0.6) is 0 Å². The Labute approximate surface area is 106 Å². The summed E-state index contributed by atoms with van der Waals surface area (Å²) in [5.74, 6) is -0.108. The molecule has 0 unspecified atom stereocenters. The van der Waals surface area contributed by atoms with E-state index in [4.69, 9.17) is 0 Å². The molecule has 0 spiro atoms. The fourth-order valence-electron chi connectivity index (χ4n) is 1.53. The van der Waals surface area contributed by atoms with Crippen molar-refractivity contribution in [3.05, 3.63) is 40.5 Å². The third-order valence-electron chi connectivity index (χ3n) is 2.65. The molecule has 1 aliphatic carbocycles. The minimum absolute atomic E-state index is 0.108. The summed E-state index contributed by atoms with van der Waals surface area (Å²) in [4.78, 5) is 15.9. The van der Waals surface area contributed by atoms with Gasteiger partial charge in [-0.15, -0.1) is 0 Å². The maximum Gasteiger partial charge on any atom is 0.204 e. The molecule has 18 heavy (non-hydrogen) atoms. The minimum Gasteiger partial charge on any atom is -0.288 e. The topological polar surface area (TPSA) is 53.4 Å². The van der Waals surface area contributed by atoms with E-state index in [1.165, 1.54) is 12.3 Å². The second kappa shape index (κ2) is 4.38. The number of allylic oxidation sites excluding steroid dienone is 2. The van der Waals surface area contributed by atoms with Crippen LogP contribution in [0.4, 0.5) is 0 Å². The number of fused-ring (bicyclic) bond motifs is 1. The van der Waals surface area contributed by atoms with E-state index in [0.29, 0.717) is 11.0 Å². The molecule has 1 aliphatic rings. The first-order chi connectivity index (χ1) is 8.38. The molecule has 0 fully saturated rings. The molecule has 94 valence electrons. The van der Waals surface area contributed by atoms with Gasteiger partial charge in [-0.2, -0.15) is 0 Å². The van der Waals surface area contributed by atoms with Crippen LogP contribution < -0.4 is 10.6 Å². The zero-order valence-corrected chi connectivity index (χ0v) is 10.7. The largest absolute Gasteiger partial charge is 0.288 e. The molecule has 2 rings (SSSR count). The first kappa shape index (κ1) is 12.5. The molecule has 1 heterocycles. The lowest BCUT2D eigenvalue weighted by atomic mass is 10.1. The highest BCUT2D eigenvalue weighted by Gasteiger charge is 2.16. The number of hydrogen-bond donors (Lipinski definition) is 1. The van der Waals surface area contributed by atoms with Gasteiger partial charge in [0.05, 0.1) is 17.1 Å². The van der Waals surface area contributed by atoms with Crippen molar-refractivity contribution in [2.45, 2.75) is 26.3 Å². The van der Waals surface area contributed by atoms with Gasteiger partial charge in [-0.05, 0) is 32.9 Å². The number of ketones is 1. The van der Waals surface area contributed by atoms with Gasteiger partial charge in [0.2, 0.25) is 5.78 Å². The zero-order valence-electron chi connectivity index (χ0n) is 10.7. The summed E-state index contributed by atoms with van der Waals surface area (Å²) in [5, 5.41) is 12.3. The Kier molecular flexibility index (Phi) is 3.05. The van der Waals surface area contributed by atoms with Gasteiger partial charge < -0.3 is 0 Å². The average molecular weight is 244 g/mol. The number of pyridine rings is 1. The van der Waals surface area contributed by atoms with Crippen LogP contribution in [0.25, 0.3) is 12.3 Å². The summed E-state index contributed by atoms with van der Waals surface area (Å²) in [6.45, 7) is 5.64. The molecule has 0 bridgehead atoms. The van der Waals surface area contributed by atoms with Crippen LogP contribution >= 0.6 is 0 Å². The second-order valence-corrected chi connectivity index (χ2v) is 5.21. The van der Waals surface area contributed by atoms with Crippen molar-refractivity contribution in [2.75, 3.05) is 0 Å². The fourth-order valence-corrected chi connectivity index (χ4v) is 1.53. The van der Waals surface area contributed by atoms with E-state index in [0.717, 1.165) is 10.3 Å². The van der Waals surface area contributed by atoms with Gasteiger partial charge in [-0.3, -0.25) is 15.1 Å². The highest BCUT2D eigenvalue weighted by atomic mass is 16.5. The van der Waals surface area contributed by atoms with Crippen molar-refractivity contribution in [2.24, 2.45) is 0 Å². The molecule has 0 radical (unpaired) electrons. The smallest absolute Gasteiger partial charge is 0.204 e. The highest BCUT2D eigenvalue weighted by molar-refractivity contribution is 6.05. The molecule has 1 aromatic rings. The normalized spacial score (nSPS) is 15.3. The number of carbonyl (C=O) groups is 1. The lowest BCUT2D eigenvalue weighted by Crippen LogP contribution is -2.36. The van der Waals surface area contributed by atoms with E-state index in [1.807, 2.05) is 32.9 Å². The third-order valence-corrected chi connectivity index (χ3v) is 2.65. The van der Waals surface area contributed by atoms with Crippen molar-refractivity contribution in [1.82, 2.24) is 10.0 Å². The van der Waals surface area contributed by atoms with E-state index in [9.17, 15) is 10.0 Å². The molecular formula is C14H16N2O2. The molecule has 1 N–H and O–H groups in total. The standard InChI is InChI=1S/C14H16N2O2/c1-14(2,3)16(18)9-11-8-7-10-5-4-6-12(17)13(10)15-11/h4-9,18H,1-3H3/b11-9+. The lowest BCUT2D eigenvalue weighted by molar-refractivity contribution is -0.0907. The monoisotopic (exact) mass is 244 g/mol. The summed E-state index contributed by atoms with van der Waals surface area (Å²) >= 11 is 0. The van der Waals surface area contributed by atoms with Crippen LogP contribution in [-0.4, -0.2) is 26.6 Å². The Balaban J connectivity index is 2.48. The van der Waals surface area contributed by atoms with Crippen molar-refractivity contribution in [3.63, 3.8) is 0 Å². The average Bonchev–Trinajstić information content (AvgIpc) is 2.29. The van der Waals surface area contributed by atoms with Crippen molar-refractivity contribution in [3.8, 4) is 0 Å². The summed E-state index contributed by atoms with van der Waals surface area (Å²) in [7, 11) is 0. The van der Waals surface area contributed by atoms with Crippen LogP contribution in [0.2, 0.25) is 0 Å². The van der Waals surface area contributed by atoms with Crippen LogP contribution in [0.1, 0.15) is 31.3 Å². The number of hydroxylamine groups is 2. The minimum atomic E-state index is -0.409. The Hall–Kier alpha value is -1.94. The van der Waals surface area contributed by atoms with E-state index in [2.05, 4.69) is 4.98 Å². The van der Waals surface area contributed by atoms with E-state index in [-0.39, 0.29) is 5.78 Å². The van der Waals surface area contributed by atoms with Crippen LogP contribution in [0, 0.1) is 0 Å². The first-order valence-corrected chi connectivity index (χ1v) is 5.78. The van der Waals surface area contributed by atoms with E-state index in [1.54, 1.807) is 12.1 Å². The molecule has 0 atom stereocenters. The summed E-state index contributed by atoms with van der Waals surface area (Å²) in [5.41, 5.74) is 0.0155. The van der Waals surface area contributed by atoms with Gasteiger partial charge >= 0.3 is 0 Å². The molecule has 0 aliphatic heterocycles. The quantitative estimate of drug-likeness (QED) is 0.744. The molecule has 4 heteroatoms. The van der Waals surface area contributed by atoms with Crippen molar-refractivity contribution in [1.29, 1.82) is 0 Å². The predicted molar refractivity (Wildman–Crippen MR) is 69.3 cm³/mol. The summed E-state index contributed by atoms with van der Waals surface area (Å²) < 4.78 is 0. The van der Waals surface area contributed by atoms with Crippen LogP contribution in [0.15, 0.2) is 24.3 Å². The van der Waals surface area contributed by atoms with Gasteiger partial charge in [-0.1, -0.05) is 18.2 Å². The lowest BCUT2D eigenvalue weighted by Gasteiger charge is -2.27. The van der Waals surface area contributed by atoms with Crippen molar-refractivity contribution < 1.29 is 10.0 Å². The molecule has 1 aromatic heterocycles. The third kappa shape index (κ3) is 2.49. The number of nitrogens with zero attached hydrogens (tertiary/aromatic N) is 2. The Bertz CT molecular complexity index is 624. The maximum absolute atomic E-state index is 11.7. The van der Waals surface area contributed by atoms with E-state index >= 15 is 0 Å². The van der Waals surface area contributed by atoms with Crippen LogP contribution in [0.3, 0.4) is 0 Å². The number of hydrogen-bond acceptors (Lipinski definition) is 4. The summed E-state index contributed by atoms with van der Waals surface area (Å²) in [6, 6.07) is 3.60. The number of rotatable bonds is 1.